The van der Waals surface area contributed by atoms with Gasteiger partial charge in [-0.25, -0.2) is 4.39 Å². The molecule has 2 rings (SSSR count). The Morgan fingerprint density at radius 3 is 2.56 bits per heavy atom. The van der Waals surface area contributed by atoms with Crippen LogP contribution in [0.5, 0.6) is 0 Å². The summed E-state index contributed by atoms with van der Waals surface area (Å²) in [4.78, 5) is 3.90. The minimum Gasteiger partial charge on any atom is -0.320 e. The summed E-state index contributed by atoms with van der Waals surface area (Å²) in [6, 6.07) is 8.20. The number of pyridine rings is 1. The topological polar surface area (TPSA) is 38.9 Å². The van der Waals surface area contributed by atoms with E-state index in [9.17, 15) is 4.39 Å². The maximum absolute atomic E-state index is 13.8. The van der Waals surface area contributed by atoms with Gasteiger partial charge in [0, 0.05) is 18.0 Å². The molecule has 0 bridgehead atoms. The zero-order valence-electron chi connectivity index (χ0n) is 8.40. The van der Waals surface area contributed by atoms with E-state index in [0.717, 1.165) is 5.56 Å². The van der Waals surface area contributed by atoms with Crippen molar-refractivity contribution in [1.82, 2.24) is 4.98 Å². The minimum atomic E-state index is -0.472. The fourth-order valence-electron chi connectivity index (χ4n) is 1.51. The van der Waals surface area contributed by atoms with E-state index in [2.05, 4.69) is 20.9 Å². The van der Waals surface area contributed by atoms with Gasteiger partial charge >= 0.3 is 0 Å². The highest BCUT2D eigenvalue weighted by atomic mass is 79.9. The first-order valence-electron chi connectivity index (χ1n) is 4.79. The van der Waals surface area contributed by atoms with E-state index in [1.807, 2.05) is 0 Å². The van der Waals surface area contributed by atoms with E-state index in [1.54, 1.807) is 42.7 Å². The third-order valence-electron chi connectivity index (χ3n) is 2.38. The van der Waals surface area contributed by atoms with Crippen molar-refractivity contribution in [3.05, 3.63) is 64.1 Å². The van der Waals surface area contributed by atoms with Crippen LogP contribution < -0.4 is 5.73 Å². The molecule has 1 aromatic carbocycles. The average Bonchev–Trinajstić information content (AvgIpc) is 2.33. The van der Waals surface area contributed by atoms with Crippen LogP contribution >= 0.6 is 15.9 Å². The second-order valence-electron chi connectivity index (χ2n) is 3.40. The number of nitrogens with two attached hydrogens (primary N) is 1. The Labute approximate surface area is 101 Å². The lowest BCUT2D eigenvalue weighted by molar-refractivity contribution is 0.593. The van der Waals surface area contributed by atoms with Crippen molar-refractivity contribution in [2.24, 2.45) is 5.73 Å². The zero-order chi connectivity index (χ0) is 11.5. The van der Waals surface area contributed by atoms with Crippen LogP contribution in [0.4, 0.5) is 4.39 Å². The monoisotopic (exact) mass is 280 g/mol. The summed E-state index contributed by atoms with van der Waals surface area (Å²) in [6.07, 6.45) is 3.29. The molecule has 16 heavy (non-hydrogen) atoms. The minimum absolute atomic E-state index is 0.313. The lowest BCUT2D eigenvalue weighted by Crippen LogP contribution is -2.13. The van der Waals surface area contributed by atoms with Gasteiger partial charge in [-0.1, -0.05) is 12.1 Å². The summed E-state index contributed by atoms with van der Waals surface area (Å²) in [5, 5.41) is 0. The first-order chi connectivity index (χ1) is 7.70. The maximum Gasteiger partial charge on any atom is 0.142 e. The Morgan fingerprint density at radius 2 is 1.88 bits per heavy atom. The number of halogens is 2. The molecule has 2 nitrogen and oxygen atoms in total. The predicted molar refractivity (Wildman–Crippen MR) is 64.4 cm³/mol. The predicted octanol–water partition coefficient (Wildman–Crippen LogP) is 3.03. The van der Waals surface area contributed by atoms with Crippen LogP contribution in [-0.4, -0.2) is 4.98 Å². The molecule has 1 aromatic heterocycles. The zero-order valence-corrected chi connectivity index (χ0v) is 9.99. The molecule has 0 aliphatic heterocycles. The lowest BCUT2D eigenvalue weighted by Gasteiger charge is -2.13. The average molecular weight is 281 g/mol. The summed E-state index contributed by atoms with van der Waals surface area (Å²) in [5.41, 5.74) is 7.31. The summed E-state index contributed by atoms with van der Waals surface area (Å²) < 4.78 is 14.2. The Hall–Kier alpha value is -1.26. The molecule has 1 heterocycles. The van der Waals surface area contributed by atoms with E-state index >= 15 is 0 Å². The molecular formula is C12H10BrFN2. The number of nitrogens with zero attached hydrogens (tertiary/aromatic N) is 1. The Morgan fingerprint density at radius 1 is 1.19 bits per heavy atom. The van der Waals surface area contributed by atoms with Gasteiger partial charge in [0.15, 0.2) is 0 Å². The second-order valence-corrected chi connectivity index (χ2v) is 4.26. The van der Waals surface area contributed by atoms with Gasteiger partial charge in [0.25, 0.3) is 0 Å². The van der Waals surface area contributed by atoms with Crippen LogP contribution in [0.1, 0.15) is 17.2 Å². The summed E-state index contributed by atoms with van der Waals surface area (Å²) in [7, 11) is 0. The molecule has 0 aliphatic rings. The molecule has 0 saturated heterocycles. The molecule has 1 unspecified atom stereocenters. The molecule has 0 aliphatic carbocycles. The van der Waals surface area contributed by atoms with Crippen molar-refractivity contribution >= 4 is 15.9 Å². The quantitative estimate of drug-likeness (QED) is 0.919. The van der Waals surface area contributed by atoms with Gasteiger partial charge in [-0.15, -0.1) is 0 Å². The third kappa shape index (κ3) is 2.13. The standard InChI is InChI=1S/C12H10BrFN2/c13-10-3-1-2-9(11(10)14)12(15)8-4-6-16-7-5-8/h1-7,12H,15H2. The normalized spacial score (nSPS) is 12.4. The Balaban J connectivity index is 2.42. The highest BCUT2D eigenvalue weighted by Crippen LogP contribution is 2.26. The van der Waals surface area contributed by atoms with Crippen LogP contribution in [-0.2, 0) is 0 Å². The maximum atomic E-state index is 13.8. The van der Waals surface area contributed by atoms with Crippen molar-refractivity contribution in [2.75, 3.05) is 0 Å². The van der Waals surface area contributed by atoms with E-state index < -0.39 is 6.04 Å². The molecule has 1 atom stereocenters. The molecule has 0 fully saturated rings. The van der Waals surface area contributed by atoms with Crippen molar-refractivity contribution in [1.29, 1.82) is 0 Å². The Kier molecular flexibility index (Phi) is 3.31. The number of benzene rings is 1. The molecule has 2 aromatic rings. The molecule has 0 radical (unpaired) electrons. The van der Waals surface area contributed by atoms with Crippen LogP contribution in [0.15, 0.2) is 47.2 Å². The highest BCUT2D eigenvalue weighted by molar-refractivity contribution is 9.10. The largest absolute Gasteiger partial charge is 0.320 e. The summed E-state index contributed by atoms with van der Waals surface area (Å²) in [5.74, 6) is -0.313. The molecule has 2 N–H and O–H groups in total. The van der Waals surface area contributed by atoms with Crippen LogP contribution in [0.2, 0.25) is 0 Å². The highest BCUT2D eigenvalue weighted by Gasteiger charge is 2.14. The fourth-order valence-corrected chi connectivity index (χ4v) is 1.89. The van der Waals surface area contributed by atoms with Gasteiger partial charge in [0.1, 0.15) is 5.82 Å². The van der Waals surface area contributed by atoms with Crippen molar-refractivity contribution in [2.45, 2.75) is 6.04 Å². The number of rotatable bonds is 2. The summed E-state index contributed by atoms with van der Waals surface area (Å²) >= 11 is 3.14. The fraction of sp³-hybridized carbons (Fsp3) is 0.0833. The Bertz CT molecular complexity index is 488. The van der Waals surface area contributed by atoms with Gasteiger partial charge in [-0.05, 0) is 39.7 Å². The van der Waals surface area contributed by atoms with Gasteiger partial charge in [0.05, 0.1) is 10.5 Å². The lowest BCUT2D eigenvalue weighted by atomic mass is 10.0. The van der Waals surface area contributed by atoms with Crippen molar-refractivity contribution < 1.29 is 4.39 Å². The molecule has 0 saturated carbocycles. The van der Waals surface area contributed by atoms with E-state index in [-0.39, 0.29) is 5.82 Å². The third-order valence-corrected chi connectivity index (χ3v) is 2.99. The number of hydrogen-bond donors (Lipinski definition) is 1. The number of hydrogen-bond acceptors (Lipinski definition) is 2. The van der Waals surface area contributed by atoms with E-state index in [0.29, 0.717) is 10.0 Å². The SMILES string of the molecule is NC(c1ccncc1)c1cccc(Br)c1F. The molecule has 0 spiro atoms. The van der Waals surface area contributed by atoms with Crippen molar-refractivity contribution in [3.8, 4) is 0 Å². The van der Waals surface area contributed by atoms with Crippen LogP contribution in [0.25, 0.3) is 0 Å². The van der Waals surface area contributed by atoms with E-state index in [4.69, 9.17) is 5.73 Å². The molecule has 82 valence electrons. The van der Waals surface area contributed by atoms with Gasteiger partial charge in [-0.3, -0.25) is 4.98 Å². The van der Waals surface area contributed by atoms with Gasteiger partial charge in [-0.2, -0.15) is 0 Å². The van der Waals surface area contributed by atoms with Gasteiger partial charge < -0.3 is 5.73 Å². The first kappa shape index (κ1) is 11.2. The van der Waals surface area contributed by atoms with Crippen LogP contribution in [0.3, 0.4) is 0 Å². The summed E-state index contributed by atoms with van der Waals surface area (Å²) in [6.45, 7) is 0. The smallest absolute Gasteiger partial charge is 0.142 e. The molecular weight excluding hydrogens is 271 g/mol. The van der Waals surface area contributed by atoms with E-state index in [1.165, 1.54) is 0 Å². The number of aromatic nitrogens is 1. The van der Waals surface area contributed by atoms with Crippen molar-refractivity contribution in [3.63, 3.8) is 0 Å². The molecule has 4 heteroatoms. The molecule has 0 amide bonds. The van der Waals surface area contributed by atoms with Gasteiger partial charge in [0.2, 0.25) is 0 Å². The first-order valence-corrected chi connectivity index (χ1v) is 5.59. The second kappa shape index (κ2) is 4.72. The van der Waals surface area contributed by atoms with Crippen LogP contribution in [0, 0.1) is 5.82 Å².